The minimum Gasteiger partial charge on any atom is -0.469 e. The lowest BCUT2D eigenvalue weighted by Gasteiger charge is -2.54. The van der Waals surface area contributed by atoms with Crippen LogP contribution in [0.1, 0.15) is 31.9 Å². The lowest BCUT2D eigenvalue weighted by molar-refractivity contribution is -0.145. The number of piperidine rings is 2. The summed E-state index contributed by atoms with van der Waals surface area (Å²) in [5.74, 6) is 1.10. The van der Waals surface area contributed by atoms with Crippen molar-refractivity contribution in [1.29, 1.82) is 0 Å². The van der Waals surface area contributed by atoms with Gasteiger partial charge in [0.1, 0.15) is 5.82 Å². The Kier molecular flexibility index (Phi) is 4.43. The highest BCUT2D eigenvalue weighted by atomic mass is 19.4. The molecule has 9 heteroatoms. The summed E-state index contributed by atoms with van der Waals surface area (Å²) in [5.41, 5.74) is -0.896. The maximum atomic E-state index is 13.3. The first kappa shape index (κ1) is 18.3. The van der Waals surface area contributed by atoms with Crippen molar-refractivity contribution in [1.82, 2.24) is 9.97 Å². The number of alkyl halides is 3. The predicted octanol–water partition coefficient (Wildman–Crippen LogP) is 2.73. The van der Waals surface area contributed by atoms with Crippen LogP contribution in [0.4, 0.5) is 24.9 Å². The number of rotatable bonds is 4. The summed E-state index contributed by atoms with van der Waals surface area (Å²) >= 11 is 0. The molecule has 27 heavy (non-hydrogen) atoms. The molecule has 5 rings (SSSR count). The molecule has 1 aromatic rings. The van der Waals surface area contributed by atoms with E-state index in [1.165, 1.54) is 7.11 Å². The number of methoxy groups -OCH3 is 1. The fourth-order valence-corrected chi connectivity index (χ4v) is 4.46. The number of fused-ring (bicyclic) bond motifs is 2. The van der Waals surface area contributed by atoms with Crippen LogP contribution < -0.4 is 9.80 Å². The number of hydrogen-bond acceptors (Lipinski definition) is 6. The van der Waals surface area contributed by atoms with E-state index in [1.807, 2.05) is 16.7 Å². The van der Waals surface area contributed by atoms with Crippen LogP contribution in [0.2, 0.25) is 0 Å². The van der Waals surface area contributed by atoms with E-state index >= 15 is 0 Å². The molecule has 4 heterocycles. The van der Waals surface area contributed by atoms with E-state index in [1.54, 1.807) is 0 Å². The van der Waals surface area contributed by atoms with E-state index in [4.69, 9.17) is 4.74 Å². The lowest BCUT2D eigenvalue weighted by atomic mass is 9.60. The van der Waals surface area contributed by atoms with Gasteiger partial charge in [0, 0.05) is 38.2 Å². The average Bonchev–Trinajstić information content (AvgIpc) is 2.63. The summed E-state index contributed by atoms with van der Waals surface area (Å²) in [5, 5.41) is 0. The Bertz CT molecular complexity index is 730. The Morgan fingerprint density at radius 2 is 2.00 bits per heavy atom. The largest absolute Gasteiger partial charge is 0.469 e. The third-order valence-electron chi connectivity index (χ3n) is 6.25. The fraction of sp³-hybridized carbons (Fsp3) is 0.722. The molecule has 0 amide bonds. The molecule has 4 aliphatic rings. The lowest BCUT2D eigenvalue weighted by Crippen LogP contribution is -2.56. The molecule has 0 radical (unpaired) electrons. The highest BCUT2D eigenvalue weighted by Gasteiger charge is 2.48. The number of halogens is 3. The molecule has 1 saturated carbocycles. The van der Waals surface area contributed by atoms with Gasteiger partial charge in [0.15, 0.2) is 5.69 Å². The maximum Gasteiger partial charge on any atom is 0.433 e. The van der Waals surface area contributed by atoms with Crippen LogP contribution in [-0.2, 0) is 15.7 Å². The molecule has 0 N–H and O–H groups in total. The van der Waals surface area contributed by atoms with E-state index in [0.29, 0.717) is 43.7 Å². The van der Waals surface area contributed by atoms with Crippen molar-refractivity contribution in [3.05, 3.63) is 11.8 Å². The van der Waals surface area contributed by atoms with Gasteiger partial charge in [0.25, 0.3) is 0 Å². The summed E-state index contributed by atoms with van der Waals surface area (Å²) in [6.07, 6.45) is -2.19. The van der Waals surface area contributed by atoms with Gasteiger partial charge < -0.3 is 14.5 Å². The molecule has 148 valence electrons. The molecular weight excluding hydrogens is 361 g/mol. The van der Waals surface area contributed by atoms with E-state index < -0.39 is 11.9 Å². The Labute approximate surface area is 155 Å². The van der Waals surface area contributed by atoms with Gasteiger partial charge in [-0.2, -0.15) is 18.2 Å². The molecule has 4 atom stereocenters. The van der Waals surface area contributed by atoms with Gasteiger partial charge in [-0.25, -0.2) is 4.98 Å². The van der Waals surface area contributed by atoms with Crippen molar-refractivity contribution in [3.63, 3.8) is 0 Å². The molecule has 3 aliphatic heterocycles. The number of carbonyl (C=O) groups is 1. The number of ether oxygens (including phenoxy) is 1. The third-order valence-corrected chi connectivity index (χ3v) is 6.25. The van der Waals surface area contributed by atoms with Crippen LogP contribution in [0, 0.1) is 17.8 Å². The normalized spacial score (nSPS) is 29.8. The number of aromatic nitrogens is 2. The van der Waals surface area contributed by atoms with Crippen LogP contribution in [0.3, 0.4) is 0 Å². The molecule has 1 unspecified atom stereocenters. The van der Waals surface area contributed by atoms with E-state index in [-0.39, 0.29) is 23.9 Å². The topological polar surface area (TPSA) is 58.6 Å². The fourth-order valence-electron chi connectivity index (χ4n) is 4.46. The molecule has 1 aliphatic carbocycles. The summed E-state index contributed by atoms with van der Waals surface area (Å²) in [7, 11) is 1.38. The van der Waals surface area contributed by atoms with Gasteiger partial charge in [-0.05, 0) is 37.5 Å². The molecule has 1 aromatic heterocycles. The summed E-state index contributed by atoms with van der Waals surface area (Å²) in [6, 6.07) is 1.20. The number of hydrogen-bond donors (Lipinski definition) is 0. The maximum absolute atomic E-state index is 13.3. The highest BCUT2D eigenvalue weighted by Crippen LogP contribution is 2.48. The summed E-state index contributed by atoms with van der Waals surface area (Å²) in [6.45, 7) is 3.86. The zero-order chi connectivity index (χ0) is 19.3. The van der Waals surface area contributed by atoms with Gasteiger partial charge in [-0.3, -0.25) is 4.79 Å². The molecule has 6 nitrogen and oxygen atoms in total. The number of anilines is 2. The van der Waals surface area contributed by atoms with Crippen LogP contribution in [-0.4, -0.2) is 48.7 Å². The van der Waals surface area contributed by atoms with Crippen molar-refractivity contribution >= 4 is 17.7 Å². The zero-order valence-corrected chi connectivity index (χ0v) is 15.4. The second-order valence-corrected chi connectivity index (χ2v) is 7.85. The summed E-state index contributed by atoms with van der Waals surface area (Å²) < 4.78 is 44.8. The Balaban J connectivity index is 1.55. The standard InChI is InChI=1S/C18H23F3N4O2/c1-10-3-4-25(10)17-22-14(18(19,20)21)7-15(23-17)24-8-11-5-12(9-24)13(11)6-16(26)27-2/h7,10-13H,3-6,8-9H2,1-2H3/t10-,11-,12+,13?/m0/s1. The number of esters is 1. The Morgan fingerprint density at radius 1 is 1.30 bits per heavy atom. The number of nitrogens with zero attached hydrogens (tertiary/aromatic N) is 4. The van der Waals surface area contributed by atoms with Gasteiger partial charge >= 0.3 is 12.1 Å². The van der Waals surface area contributed by atoms with Gasteiger partial charge in [0.2, 0.25) is 5.95 Å². The minimum absolute atomic E-state index is 0.153. The molecule has 4 fully saturated rings. The van der Waals surface area contributed by atoms with E-state index in [9.17, 15) is 18.0 Å². The van der Waals surface area contributed by atoms with Crippen molar-refractivity contribution in [3.8, 4) is 0 Å². The van der Waals surface area contributed by atoms with Crippen LogP contribution in [0.15, 0.2) is 6.07 Å². The number of carbonyl (C=O) groups excluding carboxylic acids is 1. The SMILES string of the molecule is COC(=O)CC1[C@@H]2C[C@H]1CN(c1cc(C(F)(F)F)nc(N3CC[C@@H]3C)n1)C2. The molecule has 3 saturated heterocycles. The molecule has 0 spiro atoms. The smallest absolute Gasteiger partial charge is 0.433 e. The molecule has 2 bridgehead atoms. The van der Waals surface area contributed by atoms with Crippen LogP contribution >= 0.6 is 0 Å². The van der Waals surface area contributed by atoms with E-state index in [2.05, 4.69) is 9.97 Å². The Morgan fingerprint density at radius 3 is 2.52 bits per heavy atom. The van der Waals surface area contributed by atoms with Crippen molar-refractivity contribution < 1.29 is 22.7 Å². The van der Waals surface area contributed by atoms with Gasteiger partial charge in [-0.1, -0.05) is 0 Å². The average molecular weight is 384 g/mol. The van der Waals surface area contributed by atoms with Gasteiger partial charge in [-0.15, -0.1) is 0 Å². The molecule has 0 aromatic carbocycles. The van der Waals surface area contributed by atoms with Crippen molar-refractivity contribution in [2.75, 3.05) is 36.5 Å². The predicted molar refractivity (Wildman–Crippen MR) is 92.4 cm³/mol. The third kappa shape index (κ3) is 3.32. The first-order valence-corrected chi connectivity index (χ1v) is 9.31. The minimum atomic E-state index is -4.51. The van der Waals surface area contributed by atoms with Crippen LogP contribution in [0.25, 0.3) is 0 Å². The van der Waals surface area contributed by atoms with E-state index in [0.717, 1.165) is 18.9 Å². The second kappa shape index (κ2) is 6.53. The zero-order valence-electron chi connectivity index (χ0n) is 15.4. The second-order valence-electron chi connectivity index (χ2n) is 7.85. The van der Waals surface area contributed by atoms with Crippen molar-refractivity contribution in [2.45, 2.75) is 38.4 Å². The quantitative estimate of drug-likeness (QED) is 0.744. The van der Waals surface area contributed by atoms with Gasteiger partial charge in [0.05, 0.1) is 7.11 Å². The van der Waals surface area contributed by atoms with Crippen LogP contribution in [0.5, 0.6) is 0 Å². The first-order chi connectivity index (χ1) is 12.8. The summed E-state index contributed by atoms with van der Waals surface area (Å²) in [4.78, 5) is 23.5. The molecular formula is C18H23F3N4O2. The van der Waals surface area contributed by atoms with Crippen molar-refractivity contribution in [2.24, 2.45) is 17.8 Å². The monoisotopic (exact) mass is 384 g/mol. The first-order valence-electron chi connectivity index (χ1n) is 9.31. The highest BCUT2D eigenvalue weighted by molar-refractivity contribution is 5.69. The Hall–Kier alpha value is -2.06.